The Morgan fingerprint density at radius 2 is 2.29 bits per heavy atom. The largest absolute Gasteiger partial charge is 0.465 e. The van der Waals surface area contributed by atoms with Crippen molar-refractivity contribution in [3.8, 4) is 0 Å². The van der Waals surface area contributed by atoms with Crippen molar-refractivity contribution in [2.45, 2.75) is 0 Å². The van der Waals surface area contributed by atoms with Crippen molar-refractivity contribution in [3.05, 3.63) is 54.4 Å². The van der Waals surface area contributed by atoms with Gasteiger partial charge in [0.25, 0.3) is 0 Å². The van der Waals surface area contributed by atoms with E-state index >= 15 is 0 Å². The van der Waals surface area contributed by atoms with Crippen LogP contribution in [0.4, 0.5) is 10.2 Å². The molecule has 0 bridgehead atoms. The zero-order chi connectivity index (χ0) is 12.1. The third-order valence-corrected chi connectivity index (χ3v) is 1.92. The molecule has 0 unspecified atom stereocenters. The minimum Gasteiger partial charge on any atom is -0.465 e. The molecule has 86 valence electrons. The Labute approximate surface area is 96.8 Å². The predicted octanol–water partition coefficient (Wildman–Crippen LogP) is 2.47. The molecule has 2 rings (SSSR count). The zero-order valence-electron chi connectivity index (χ0n) is 8.76. The maximum Gasteiger partial charge on any atom is 0.249 e. The van der Waals surface area contributed by atoms with Crippen molar-refractivity contribution in [3.63, 3.8) is 0 Å². The van der Waals surface area contributed by atoms with Crippen LogP contribution in [0, 0.1) is 5.82 Å². The molecule has 4 nitrogen and oxygen atoms in total. The standard InChI is InChI=1S/C12H9FN2O2/c13-9-3-5-11(14-8-9)15-12(16)6-4-10-2-1-7-17-10/h1-8H,(H,14,15,16)/b6-4-. The van der Waals surface area contributed by atoms with E-state index in [2.05, 4.69) is 10.3 Å². The van der Waals surface area contributed by atoms with Crippen LogP contribution in [-0.4, -0.2) is 10.9 Å². The number of rotatable bonds is 3. The molecule has 0 atom stereocenters. The molecule has 0 fully saturated rings. The Bertz CT molecular complexity index is 518. The number of pyridine rings is 1. The first-order chi connectivity index (χ1) is 8.24. The van der Waals surface area contributed by atoms with E-state index < -0.39 is 5.82 Å². The summed E-state index contributed by atoms with van der Waals surface area (Å²) in [7, 11) is 0. The average molecular weight is 232 g/mol. The number of hydrogen-bond acceptors (Lipinski definition) is 3. The van der Waals surface area contributed by atoms with E-state index in [4.69, 9.17) is 4.42 Å². The van der Waals surface area contributed by atoms with Gasteiger partial charge in [-0.05, 0) is 30.3 Å². The van der Waals surface area contributed by atoms with Crippen molar-refractivity contribution in [1.82, 2.24) is 4.98 Å². The fourth-order valence-corrected chi connectivity index (χ4v) is 1.16. The molecule has 1 N–H and O–H groups in total. The van der Waals surface area contributed by atoms with E-state index in [1.54, 1.807) is 12.1 Å². The van der Waals surface area contributed by atoms with Crippen LogP contribution in [0.2, 0.25) is 0 Å². The molecule has 0 spiro atoms. The summed E-state index contributed by atoms with van der Waals surface area (Å²) in [4.78, 5) is 15.1. The van der Waals surface area contributed by atoms with Gasteiger partial charge in [-0.2, -0.15) is 0 Å². The van der Waals surface area contributed by atoms with Crippen LogP contribution in [-0.2, 0) is 4.79 Å². The second kappa shape index (κ2) is 5.07. The summed E-state index contributed by atoms with van der Waals surface area (Å²) in [6, 6.07) is 6.05. The molecule has 2 heterocycles. The molecule has 5 heteroatoms. The molecular formula is C12H9FN2O2. The van der Waals surface area contributed by atoms with E-state index in [1.165, 1.54) is 30.5 Å². The molecule has 0 aliphatic rings. The molecule has 0 radical (unpaired) electrons. The van der Waals surface area contributed by atoms with Gasteiger partial charge in [-0.15, -0.1) is 0 Å². The van der Waals surface area contributed by atoms with E-state index in [0.717, 1.165) is 6.20 Å². The third kappa shape index (κ3) is 3.27. The van der Waals surface area contributed by atoms with Crippen LogP contribution in [0.5, 0.6) is 0 Å². The number of nitrogens with one attached hydrogen (secondary N) is 1. The summed E-state index contributed by atoms with van der Waals surface area (Å²) >= 11 is 0. The number of hydrogen-bond donors (Lipinski definition) is 1. The molecule has 0 aliphatic carbocycles. The Balaban J connectivity index is 1.95. The van der Waals surface area contributed by atoms with E-state index in [1.807, 2.05) is 0 Å². The first-order valence-electron chi connectivity index (χ1n) is 4.88. The SMILES string of the molecule is O=C(/C=C\c1ccco1)Nc1ccc(F)cn1. The van der Waals surface area contributed by atoms with E-state index in [-0.39, 0.29) is 5.91 Å². The average Bonchev–Trinajstić information content (AvgIpc) is 2.83. The van der Waals surface area contributed by atoms with Gasteiger partial charge in [0, 0.05) is 6.08 Å². The summed E-state index contributed by atoms with van der Waals surface area (Å²) in [6.07, 6.45) is 5.38. The fourth-order valence-electron chi connectivity index (χ4n) is 1.16. The van der Waals surface area contributed by atoms with Crippen molar-refractivity contribution >= 4 is 17.8 Å². The summed E-state index contributed by atoms with van der Waals surface area (Å²) < 4.78 is 17.6. The first kappa shape index (κ1) is 11.1. The molecule has 2 aromatic heterocycles. The normalized spacial score (nSPS) is 10.6. The van der Waals surface area contributed by atoms with Gasteiger partial charge in [0.2, 0.25) is 5.91 Å². The van der Waals surface area contributed by atoms with Crippen LogP contribution in [0.1, 0.15) is 5.76 Å². The number of halogens is 1. The lowest BCUT2D eigenvalue weighted by Gasteiger charge is -1.99. The van der Waals surface area contributed by atoms with Crippen LogP contribution < -0.4 is 5.32 Å². The molecule has 17 heavy (non-hydrogen) atoms. The van der Waals surface area contributed by atoms with Gasteiger partial charge in [-0.3, -0.25) is 4.79 Å². The lowest BCUT2D eigenvalue weighted by atomic mass is 10.4. The van der Waals surface area contributed by atoms with Gasteiger partial charge >= 0.3 is 0 Å². The molecule has 0 saturated carbocycles. The molecule has 0 saturated heterocycles. The van der Waals surface area contributed by atoms with Crippen LogP contribution >= 0.6 is 0 Å². The Hall–Kier alpha value is -2.43. The summed E-state index contributed by atoms with van der Waals surface area (Å²) in [5, 5.41) is 2.49. The van der Waals surface area contributed by atoms with Crippen LogP contribution in [0.15, 0.2) is 47.2 Å². The number of nitrogens with zero attached hydrogens (tertiary/aromatic N) is 1. The molecule has 1 amide bonds. The van der Waals surface area contributed by atoms with Gasteiger partial charge < -0.3 is 9.73 Å². The van der Waals surface area contributed by atoms with E-state index in [0.29, 0.717) is 11.6 Å². The third-order valence-electron chi connectivity index (χ3n) is 1.92. The minimum absolute atomic E-state index is 0.292. The molecule has 0 aliphatic heterocycles. The van der Waals surface area contributed by atoms with Gasteiger partial charge in [0.15, 0.2) is 0 Å². The zero-order valence-corrected chi connectivity index (χ0v) is 8.76. The number of amides is 1. The highest BCUT2D eigenvalue weighted by molar-refractivity contribution is 6.01. The molecule has 0 aromatic carbocycles. The second-order valence-corrected chi connectivity index (χ2v) is 3.20. The maximum atomic E-state index is 12.6. The van der Waals surface area contributed by atoms with Gasteiger partial charge in [-0.25, -0.2) is 9.37 Å². The highest BCUT2D eigenvalue weighted by Crippen LogP contribution is 2.05. The van der Waals surface area contributed by atoms with Crippen LogP contribution in [0.3, 0.4) is 0 Å². The Morgan fingerprint density at radius 3 is 2.94 bits per heavy atom. The maximum absolute atomic E-state index is 12.6. The highest BCUT2D eigenvalue weighted by atomic mass is 19.1. The van der Waals surface area contributed by atoms with Crippen molar-refractivity contribution < 1.29 is 13.6 Å². The van der Waals surface area contributed by atoms with Gasteiger partial charge in [0.05, 0.1) is 12.5 Å². The predicted molar refractivity (Wildman–Crippen MR) is 60.6 cm³/mol. The minimum atomic E-state index is -0.450. The first-order valence-corrected chi connectivity index (χ1v) is 4.88. The number of carbonyl (C=O) groups excluding carboxylic acids is 1. The van der Waals surface area contributed by atoms with E-state index in [9.17, 15) is 9.18 Å². The van der Waals surface area contributed by atoms with Crippen LogP contribution in [0.25, 0.3) is 6.08 Å². The van der Waals surface area contributed by atoms with Crippen molar-refractivity contribution in [2.24, 2.45) is 0 Å². The number of carbonyl (C=O) groups is 1. The number of furan rings is 1. The van der Waals surface area contributed by atoms with Crippen molar-refractivity contribution in [2.75, 3.05) is 5.32 Å². The summed E-state index contributed by atoms with van der Waals surface area (Å²) in [6.45, 7) is 0. The van der Waals surface area contributed by atoms with Gasteiger partial charge in [0.1, 0.15) is 17.4 Å². The molecule has 2 aromatic rings. The quantitative estimate of drug-likeness (QED) is 0.827. The highest BCUT2D eigenvalue weighted by Gasteiger charge is 1.99. The number of anilines is 1. The summed E-state index contributed by atoms with van der Waals surface area (Å²) in [5.41, 5.74) is 0. The molecular weight excluding hydrogens is 223 g/mol. The lowest BCUT2D eigenvalue weighted by Crippen LogP contribution is -2.08. The van der Waals surface area contributed by atoms with Crippen molar-refractivity contribution in [1.29, 1.82) is 0 Å². The smallest absolute Gasteiger partial charge is 0.249 e. The second-order valence-electron chi connectivity index (χ2n) is 3.20. The fraction of sp³-hybridized carbons (Fsp3) is 0. The lowest BCUT2D eigenvalue weighted by molar-refractivity contribution is -0.111. The Kier molecular flexibility index (Phi) is 3.30. The van der Waals surface area contributed by atoms with Gasteiger partial charge in [-0.1, -0.05) is 0 Å². The Morgan fingerprint density at radius 1 is 1.41 bits per heavy atom. The summed E-state index contributed by atoms with van der Waals surface area (Å²) in [5.74, 6) is 0.0577. The monoisotopic (exact) mass is 232 g/mol. The topological polar surface area (TPSA) is 55.1 Å². The number of aromatic nitrogens is 1.